The second-order valence-corrected chi connectivity index (χ2v) is 8.61. The molecule has 4 rings (SSSR count). The largest absolute Gasteiger partial charge is 0.465 e. The summed E-state index contributed by atoms with van der Waals surface area (Å²) in [6.07, 6.45) is 2.51. The highest BCUT2D eigenvalue weighted by molar-refractivity contribution is 5.79. The Kier molecular flexibility index (Phi) is 7.01. The number of carbonyl (C=O) groups is 2. The van der Waals surface area contributed by atoms with E-state index < -0.39 is 17.4 Å². The molecule has 35 heavy (non-hydrogen) atoms. The van der Waals surface area contributed by atoms with Crippen LogP contribution in [0.25, 0.3) is 5.69 Å². The van der Waals surface area contributed by atoms with Gasteiger partial charge in [-0.25, -0.2) is 13.9 Å². The van der Waals surface area contributed by atoms with E-state index >= 15 is 0 Å². The summed E-state index contributed by atoms with van der Waals surface area (Å²) in [7, 11) is 0. The van der Waals surface area contributed by atoms with Crippen LogP contribution in [-0.4, -0.2) is 60.8 Å². The fourth-order valence-corrected chi connectivity index (χ4v) is 4.38. The molecule has 10 nitrogen and oxygen atoms in total. The summed E-state index contributed by atoms with van der Waals surface area (Å²) in [5, 5.41) is 32.2. The standard InChI is InChI=1S/C24H24FN7O3/c25-21-6-3-18(13-19(21)15-26)7-8-24(28-23(34)35)9-11-31(12-10-24)22(33)14-17-1-4-20(5-2-17)32-16-27-29-30-32/h1-6,13,16,28H,7-12,14H2,(H,34,35). The number of nitrogens with zero attached hydrogens (tertiary/aromatic N) is 6. The van der Waals surface area contributed by atoms with E-state index in [1.165, 1.54) is 23.1 Å². The Morgan fingerprint density at radius 1 is 1.14 bits per heavy atom. The predicted molar refractivity (Wildman–Crippen MR) is 122 cm³/mol. The van der Waals surface area contributed by atoms with Crippen molar-refractivity contribution in [1.82, 2.24) is 30.4 Å². The van der Waals surface area contributed by atoms with Crippen molar-refractivity contribution in [2.24, 2.45) is 0 Å². The fraction of sp³-hybridized carbons (Fsp3) is 0.333. The first kappa shape index (κ1) is 23.8. The Hall–Kier alpha value is -4.33. The second-order valence-electron chi connectivity index (χ2n) is 8.61. The zero-order valence-corrected chi connectivity index (χ0v) is 18.9. The van der Waals surface area contributed by atoms with Crippen molar-refractivity contribution in [3.8, 4) is 11.8 Å². The lowest BCUT2D eigenvalue weighted by Crippen LogP contribution is -2.56. The average Bonchev–Trinajstić information content (AvgIpc) is 3.39. The topological polar surface area (TPSA) is 137 Å². The summed E-state index contributed by atoms with van der Waals surface area (Å²) >= 11 is 0. The smallest absolute Gasteiger partial charge is 0.405 e. The molecule has 1 fully saturated rings. The third-order valence-electron chi connectivity index (χ3n) is 6.39. The van der Waals surface area contributed by atoms with Gasteiger partial charge in [-0.15, -0.1) is 5.10 Å². The minimum absolute atomic E-state index is 0.0266. The number of carbonyl (C=O) groups excluding carboxylic acids is 1. The Morgan fingerprint density at radius 2 is 1.86 bits per heavy atom. The van der Waals surface area contributed by atoms with Crippen LogP contribution < -0.4 is 5.32 Å². The summed E-state index contributed by atoms with van der Waals surface area (Å²) in [5.74, 6) is -0.604. The van der Waals surface area contributed by atoms with E-state index in [-0.39, 0.29) is 17.9 Å². The van der Waals surface area contributed by atoms with Gasteiger partial charge in [0.15, 0.2) is 0 Å². The number of hydrogen-bond donors (Lipinski definition) is 2. The number of tetrazole rings is 1. The number of piperidine rings is 1. The van der Waals surface area contributed by atoms with Crippen molar-refractivity contribution in [2.45, 2.75) is 37.6 Å². The first-order chi connectivity index (χ1) is 16.9. The molecule has 3 aromatic rings. The van der Waals surface area contributed by atoms with Crippen LogP contribution in [0.1, 0.15) is 36.0 Å². The van der Waals surface area contributed by atoms with Crippen LogP contribution in [0, 0.1) is 17.1 Å². The van der Waals surface area contributed by atoms with E-state index in [1.54, 1.807) is 11.0 Å². The third-order valence-corrected chi connectivity index (χ3v) is 6.39. The number of nitrogens with one attached hydrogen (secondary N) is 1. The molecule has 1 saturated heterocycles. The molecule has 0 atom stereocenters. The summed E-state index contributed by atoms with van der Waals surface area (Å²) in [4.78, 5) is 26.1. The number of carboxylic acid groups (broad SMARTS) is 1. The summed E-state index contributed by atoms with van der Waals surface area (Å²) < 4.78 is 15.1. The van der Waals surface area contributed by atoms with E-state index in [9.17, 15) is 19.1 Å². The number of aromatic nitrogens is 4. The molecule has 0 spiro atoms. The second kappa shape index (κ2) is 10.3. The molecule has 2 aromatic carbocycles. The van der Waals surface area contributed by atoms with E-state index in [4.69, 9.17) is 5.26 Å². The van der Waals surface area contributed by atoms with Gasteiger partial charge >= 0.3 is 6.09 Å². The number of likely N-dealkylation sites (tertiary alicyclic amines) is 1. The molecule has 1 aliphatic rings. The maximum Gasteiger partial charge on any atom is 0.405 e. The van der Waals surface area contributed by atoms with Crippen molar-refractivity contribution >= 4 is 12.0 Å². The molecule has 0 radical (unpaired) electrons. The molecule has 2 heterocycles. The van der Waals surface area contributed by atoms with Gasteiger partial charge in [-0.3, -0.25) is 4.79 Å². The van der Waals surface area contributed by atoms with Gasteiger partial charge < -0.3 is 15.3 Å². The third kappa shape index (κ3) is 5.78. The molecule has 2 amide bonds. The number of amides is 2. The SMILES string of the molecule is N#Cc1cc(CCC2(NC(=O)O)CCN(C(=O)Cc3ccc(-n4cnnn4)cc3)CC2)ccc1F. The minimum atomic E-state index is -1.12. The maximum atomic E-state index is 13.6. The van der Waals surface area contributed by atoms with Crippen LogP contribution in [0.2, 0.25) is 0 Å². The fourth-order valence-electron chi connectivity index (χ4n) is 4.38. The van der Waals surface area contributed by atoms with E-state index in [0.29, 0.717) is 38.8 Å². The highest BCUT2D eigenvalue weighted by Crippen LogP contribution is 2.28. The molecule has 11 heteroatoms. The van der Waals surface area contributed by atoms with Gasteiger partial charge in [0.25, 0.3) is 0 Å². The molecule has 0 aliphatic carbocycles. The highest BCUT2D eigenvalue weighted by atomic mass is 19.1. The van der Waals surface area contributed by atoms with Crippen LogP contribution in [0.5, 0.6) is 0 Å². The molecule has 1 aliphatic heterocycles. The lowest BCUT2D eigenvalue weighted by Gasteiger charge is -2.42. The predicted octanol–water partition coefficient (Wildman–Crippen LogP) is 2.48. The van der Waals surface area contributed by atoms with Crippen molar-refractivity contribution in [2.75, 3.05) is 13.1 Å². The summed E-state index contributed by atoms with van der Waals surface area (Å²) in [6, 6.07) is 13.6. The van der Waals surface area contributed by atoms with Crippen LogP contribution in [-0.2, 0) is 17.6 Å². The molecule has 1 aromatic heterocycles. The van der Waals surface area contributed by atoms with E-state index in [0.717, 1.165) is 16.8 Å². The number of nitriles is 1. The van der Waals surface area contributed by atoms with Gasteiger partial charge in [-0.2, -0.15) is 5.26 Å². The van der Waals surface area contributed by atoms with Crippen LogP contribution in [0.4, 0.5) is 9.18 Å². The highest BCUT2D eigenvalue weighted by Gasteiger charge is 2.37. The van der Waals surface area contributed by atoms with Crippen LogP contribution in [0.3, 0.4) is 0 Å². The maximum absolute atomic E-state index is 13.6. The molecular weight excluding hydrogens is 453 g/mol. The number of benzene rings is 2. The Balaban J connectivity index is 1.36. The minimum Gasteiger partial charge on any atom is -0.465 e. The first-order valence-electron chi connectivity index (χ1n) is 11.2. The van der Waals surface area contributed by atoms with Crippen LogP contribution >= 0.6 is 0 Å². The Morgan fingerprint density at radius 3 is 2.49 bits per heavy atom. The summed E-state index contributed by atoms with van der Waals surface area (Å²) in [5.41, 5.74) is 1.68. The Bertz CT molecular complexity index is 1230. The number of halogens is 1. The lowest BCUT2D eigenvalue weighted by atomic mass is 9.82. The van der Waals surface area contributed by atoms with E-state index in [2.05, 4.69) is 20.8 Å². The van der Waals surface area contributed by atoms with Gasteiger partial charge in [0.1, 0.15) is 18.2 Å². The van der Waals surface area contributed by atoms with Crippen LogP contribution in [0.15, 0.2) is 48.8 Å². The molecule has 0 bridgehead atoms. The summed E-state index contributed by atoms with van der Waals surface area (Å²) in [6.45, 7) is 0.851. The van der Waals surface area contributed by atoms with Crippen molar-refractivity contribution < 1.29 is 19.1 Å². The monoisotopic (exact) mass is 477 g/mol. The number of hydrogen-bond acceptors (Lipinski definition) is 6. The number of rotatable bonds is 7. The van der Waals surface area contributed by atoms with Gasteiger partial charge in [-0.05, 0) is 71.5 Å². The quantitative estimate of drug-likeness (QED) is 0.533. The average molecular weight is 478 g/mol. The lowest BCUT2D eigenvalue weighted by molar-refractivity contribution is -0.132. The Labute approximate surface area is 201 Å². The molecule has 2 N–H and O–H groups in total. The zero-order chi connectivity index (χ0) is 24.8. The van der Waals surface area contributed by atoms with E-state index in [1.807, 2.05) is 30.3 Å². The van der Waals surface area contributed by atoms with Crippen molar-refractivity contribution in [1.29, 1.82) is 5.26 Å². The molecular formula is C24H24FN7O3. The van der Waals surface area contributed by atoms with Crippen molar-refractivity contribution in [3.63, 3.8) is 0 Å². The van der Waals surface area contributed by atoms with Gasteiger partial charge in [0.05, 0.1) is 17.7 Å². The van der Waals surface area contributed by atoms with Crippen molar-refractivity contribution in [3.05, 3.63) is 71.3 Å². The zero-order valence-electron chi connectivity index (χ0n) is 18.9. The van der Waals surface area contributed by atoms with Gasteiger partial charge in [-0.1, -0.05) is 18.2 Å². The van der Waals surface area contributed by atoms with Gasteiger partial charge in [0.2, 0.25) is 5.91 Å². The first-order valence-corrected chi connectivity index (χ1v) is 11.2. The molecule has 0 unspecified atom stereocenters. The molecule has 0 saturated carbocycles. The molecule has 180 valence electrons. The normalized spacial score (nSPS) is 14.8. The number of aryl methyl sites for hydroxylation is 1. The van der Waals surface area contributed by atoms with Gasteiger partial charge in [0, 0.05) is 18.6 Å².